The molecule has 0 heterocycles. The summed E-state index contributed by atoms with van der Waals surface area (Å²) in [5, 5.41) is 0. The number of hydrogen-bond acceptors (Lipinski definition) is 3. The van der Waals surface area contributed by atoms with Crippen LogP contribution in [0.25, 0.3) is 6.08 Å². The van der Waals surface area contributed by atoms with Crippen LogP contribution in [0.5, 0.6) is 0 Å². The maximum atomic E-state index is 12.3. The minimum atomic E-state index is -0.637. The fraction of sp³-hybridized carbons (Fsp3) is 0.412. The van der Waals surface area contributed by atoms with Gasteiger partial charge in [0.05, 0.1) is 7.11 Å². The van der Waals surface area contributed by atoms with E-state index in [0.29, 0.717) is 0 Å². The van der Waals surface area contributed by atoms with Crippen LogP contribution in [0.2, 0.25) is 0 Å². The lowest BCUT2D eigenvalue weighted by molar-refractivity contribution is -0.150. The second-order valence-corrected chi connectivity index (χ2v) is 5.19. The Labute approximate surface area is 119 Å². The van der Waals surface area contributed by atoms with Crippen molar-refractivity contribution in [3.05, 3.63) is 42.0 Å². The number of carbonyl (C=O) groups is 2. The molecule has 20 heavy (non-hydrogen) atoms. The maximum Gasteiger partial charge on any atom is 0.316 e. The molecule has 1 unspecified atom stereocenters. The van der Waals surface area contributed by atoms with E-state index in [1.807, 2.05) is 30.3 Å². The van der Waals surface area contributed by atoms with Gasteiger partial charge in [0.2, 0.25) is 0 Å². The number of hydrogen-bond donors (Lipinski definition) is 0. The Kier molecular flexibility index (Phi) is 5.10. The first-order valence-corrected chi connectivity index (χ1v) is 7.07. The van der Waals surface area contributed by atoms with E-state index in [9.17, 15) is 9.59 Å². The first-order chi connectivity index (χ1) is 9.72. The molecule has 1 atom stereocenters. The normalized spacial score (nSPS) is 17.2. The van der Waals surface area contributed by atoms with Crippen molar-refractivity contribution in [2.24, 2.45) is 11.8 Å². The van der Waals surface area contributed by atoms with Gasteiger partial charge in [0, 0.05) is 0 Å². The van der Waals surface area contributed by atoms with Gasteiger partial charge in [-0.1, -0.05) is 49.2 Å². The zero-order valence-electron chi connectivity index (χ0n) is 11.7. The highest BCUT2D eigenvalue weighted by atomic mass is 16.5. The third-order valence-electron chi connectivity index (χ3n) is 3.87. The zero-order chi connectivity index (χ0) is 14.4. The van der Waals surface area contributed by atoms with Crippen molar-refractivity contribution in [1.82, 2.24) is 0 Å². The third-order valence-corrected chi connectivity index (χ3v) is 3.87. The molecule has 106 valence electrons. The Morgan fingerprint density at radius 2 is 1.85 bits per heavy atom. The largest absolute Gasteiger partial charge is 0.468 e. The van der Waals surface area contributed by atoms with Crippen molar-refractivity contribution < 1.29 is 14.3 Å². The first-order valence-electron chi connectivity index (χ1n) is 7.07. The van der Waals surface area contributed by atoms with E-state index in [1.165, 1.54) is 13.2 Å². The maximum absolute atomic E-state index is 12.3. The monoisotopic (exact) mass is 272 g/mol. The number of benzene rings is 1. The van der Waals surface area contributed by atoms with Crippen molar-refractivity contribution in [3.63, 3.8) is 0 Å². The summed E-state index contributed by atoms with van der Waals surface area (Å²) in [7, 11) is 1.35. The number of allylic oxidation sites excluding steroid dienone is 1. The Hall–Kier alpha value is -1.90. The second kappa shape index (κ2) is 7.04. The first kappa shape index (κ1) is 14.5. The van der Waals surface area contributed by atoms with Gasteiger partial charge < -0.3 is 4.74 Å². The minimum Gasteiger partial charge on any atom is -0.468 e. The quantitative estimate of drug-likeness (QED) is 0.469. The Morgan fingerprint density at radius 1 is 1.20 bits per heavy atom. The number of ketones is 1. The molecule has 3 nitrogen and oxygen atoms in total. The van der Waals surface area contributed by atoms with Gasteiger partial charge in [-0.15, -0.1) is 0 Å². The average Bonchev–Trinajstić information content (AvgIpc) is 3.00. The molecule has 0 amide bonds. The number of esters is 1. The third kappa shape index (κ3) is 3.56. The molecule has 0 aromatic heterocycles. The predicted octanol–water partition coefficient (Wildman–Crippen LogP) is 3.25. The molecule has 0 spiro atoms. The summed E-state index contributed by atoms with van der Waals surface area (Å²) < 4.78 is 4.80. The lowest BCUT2D eigenvalue weighted by Crippen LogP contribution is -2.30. The van der Waals surface area contributed by atoms with Crippen LogP contribution in [0, 0.1) is 11.8 Å². The van der Waals surface area contributed by atoms with E-state index in [1.54, 1.807) is 6.08 Å². The molecular formula is C17H20O3. The summed E-state index contributed by atoms with van der Waals surface area (Å²) in [6, 6.07) is 9.60. The Balaban J connectivity index is 2.10. The van der Waals surface area contributed by atoms with Gasteiger partial charge in [-0.3, -0.25) is 9.59 Å². The molecule has 0 bridgehead atoms. The van der Waals surface area contributed by atoms with Crippen molar-refractivity contribution in [3.8, 4) is 0 Å². The van der Waals surface area contributed by atoms with Crippen molar-refractivity contribution in [2.75, 3.05) is 7.11 Å². The van der Waals surface area contributed by atoms with Crippen LogP contribution in [-0.2, 0) is 14.3 Å². The van der Waals surface area contributed by atoms with Crippen LogP contribution in [0.15, 0.2) is 36.4 Å². The molecular weight excluding hydrogens is 252 g/mol. The van der Waals surface area contributed by atoms with Crippen molar-refractivity contribution in [2.45, 2.75) is 25.7 Å². The summed E-state index contributed by atoms with van der Waals surface area (Å²) in [6.07, 6.45) is 7.32. The zero-order valence-corrected chi connectivity index (χ0v) is 11.7. The van der Waals surface area contributed by atoms with E-state index in [2.05, 4.69) is 0 Å². The van der Waals surface area contributed by atoms with Gasteiger partial charge >= 0.3 is 5.97 Å². The molecule has 0 saturated heterocycles. The number of methoxy groups -OCH3 is 1. The molecule has 1 aliphatic carbocycles. The fourth-order valence-corrected chi connectivity index (χ4v) is 2.80. The lowest BCUT2D eigenvalue weighted by atomic mass is 9.87. The van der Waals surface area contributed by atoms with Gasteiger partial charge in [0.1, 0.15) is 5.92 Å². The van der Waals surface area contributed by atoms with Crippen LogP contribution < -0.4 is 0 Å². The number of ether oxygens (including phenoxy) is 1. The van der Waals surface area contributed by atoms with E-state index in [-0.39, 0.29) is 11.7 Å². The van der Waals surface area contributed by atoms with Crippen LogP contribution in [0.4, 0.5) is 0 Å². The summed E-state index contributed by atoms with van der Waals surface area (Å²) >= 11 is 0. The van der Waals surface area contributed by atoms with Gasteiger partial charge in [-0.25, -0.2) is 0 Å². The molecule has 0 aliphatic heterocycles. The standard InChI is InChI=1S/C17H20O3/c1-20-17(19)16(14-9-5-6-10-14)15(18)12-11-13-7-3-2-4-8-13/h2-4,7-8,11-12,14,16H,5-6,9-10H2,1H3. The van der Waals surface area contributed by atoms with E-state index in [0.717, 1.165) is 31.2 Å². The molecule has 2 rings (SSSR count). The topological polar surface area (TPSA) is 43.4 Å². The molecule has 1 aliphatic rings. The lowest BCUT2D eigenvalue weighted by Gasteiger charge is -2.18. The molecule has 0 radical (unpaired) electrons. The number of rotatable bonds is 5. The van der Waals surface area contributed by atoms with Crippen molar-refractivity contribution >= 4 is 17.8 Å². The molecule has 1 aromatic rings. The van der Waals surface area contributed by atoms with E-state index < -0.39 is 11.9 Å². The van der Waals surface area contributed by atoms with E-state index in [4.69, 9.17) is 4.74 Å². The van der Waals surface area contributed by atoms with Crippen LogP contribution >= 0.6 is 0 Å². The highest BCUT2D eigenvalue weighted by Gasteiger charge is 2.35. The highest BCUT2D eigenvalue weighted by Crippen LogP contribution is 2.33. The van der Waals surface area contributed by atoms with Crippen LogP contribution in [0.1, 0.15) is 31.2 Å². The Bertz CT molecular complexity index is 484. The summed E-state index contributed by atoms with van der Waals surface area (Å²) in [5.74, 6) is -1.05. The number of carbonyl (C=O) groups excluding carboxylic acids is 2. The fourth-order valence-electron chi connectivity index (χ4n) is 2.80. The van der Waals surface area contributed by atoms with Gasteiger partial charge in [0.25, 0.3) is 0 Å². The van der Waals surface area contributed by atoms with Gasteiger partial charge in [-0.05, 0) is 30.4 Å². The molecule has 0 N–H and O–H groups in total. The molecule has 3 heteroatoms. The smallest absolute Gasteiger partial charge is 0.316 e. The predicted molar refractivity (Wildman–Crippen MR) is 77.9 cm³/mol. The van der Waals surface area contributed by atoms with Gasteiger partial charge in [-0.2, -0.15) is 0 Å². The molecule has 1 saturated carbocycles. The molecule has 1 aromatic carbocycles. The summed E-state index contributed by atoms with van der Waals surface area (Å²) in [5.41, 5.74) is 0.955. The SMILES string of the molecule is COC(=O)C(C(=O)C=Cc1ccccc1)C1CCCC1. The van der Waals surface area contributed by atoms with Crippen molar-refractivity contribution in [1.29, 1.82) is 0 Å². The Morgan fingerprint density at radius 3 is 2.45 bits per heavy atom. The molecule has 1 fully saturated rings. The van der Waals surface area contributed by atoms with Crippen LogP contribution in [0.3, 0.4) is 0 Å². The summed E-state index contributed by atoms with van der Waals surface area (Å²) in [6.45, 7) is 0. The van der Waals surface area contributed by atoms with Gasteiger partial charge in [0.15, 0.2) is 5.78 Å². The highest BCUT2D eigenvalue weighted by molar-refractivity contribution is 6.07. The van der Waals surface area contributed by atoms with Crippen LogP contribution in [-0.4, -0.2) is 18.9 Å². The van der Waals surface area contributed by atoms with E-state index >= 15 is 0 Å². The summed E-state index contributed by atoms with van der Waals surface area (Å²) in [4.78, 5) is 24.2. The second-order valence-electron chi connectivity index (χ2n) is 5.19. The average molecular weight is 272 g/mol. The minimum absolute atomic E-state index is 0.135.